The maximum absolute atomic E-state index is 11.3. The number of carbonyl (C=O) groups excluding carboxylic acids is 1. The van der Waals surface area contributed by atoms with Crippen molar-refractivity contribution in [1.82, 2.24) is 4.90 Å². The molecule has 0 saturated heterocycles. The quantitative estimate of drug-likeness (QED) is 0.505. The van der Waals surface area contributed by atoms with Crippen molar-refractivity contribution in [2.24, 2.45) is 0 Å². The molecule has 0 radical (unpaired) electrons. The largest absolute Gasteiger partial charge is 0.330 e. The summed E-state index contributed by atoms with van der Waals surface area (Å²) in [5.41, 5.74) is 2.69. The smallest absolute Gasteiger partial charge is 0.220 e. The Morgan fingerprint density at radius 1 is 1.17 bits per heavy atom. The van der Waals surface area contributed by atoms with Gasteiger partial charge in [-0.2, -0.15) is 0 Å². The third-order valence-corrected chi connectivity index (χ3v) is 3.07. The second-order valence-electron chi connectivity index (χ2n) is 3.64. The van der Waals surface area contributed by atoms with E-state index in [9.17, 15) is 4.79 Å². The standard InChI is InChI=1S/C10H17NO/c1-6-7(2)9(4)11(8(6)3)10(5)12/h8-9H,1-5H3/t8-,9-/m1/s1. The Balaban J connectivity index is 2.95. The molecule has 2 heteroatoms. The van der Waals surface area contributed by atoms with Crippen molar-refractivity contribution in [3.63, 3.8) is 0 Å². The maximum atomic E-state index is 11.3. The molecule has 1 rings (SSSR count). The van der Waals surface area contributed by atoms with E-state index in [0.29, 0.717) is 0 Å². The predicted molar refractivity (Wildman–Crippen MR) is 49.8 cm³/mol. The highest BCUT2D eigenvalue weighted by molar-refractivity contribution is 5.75. The number of hydrogen-bond acceptors (Lipinski definition) is 1. The van der Waals surface area contributed by atoms with Gasteiger partial charge in [-0.15, -0.1) is 0 Å². The number of hydrogen-bond donors (Lipinski definition) is 0. The van der Waals surface area contributed by atoms with Gasteiger partial charge >= 0.3 is 0 Å². The van der Waals surface area contributed by atoms with Crippen LogP contribution in [0.5, 0.6) is 0 Å². The Hall–Kier alpha value is -0.790. The van der Waals surface area contributed by atoms with E-state index in [4.69, 9.17) is 0 Å². The van der Waals surface area contributed by atoms with Gasteiger partial charge in [0.05, 0.1) is 12.1 Å². The zero-order valence-electron chi connectivity index (χ0n) is 8.51. The first kappa shape index (κ1) is 9.30. The van der Waals surface area contributed by atoms with Crippen LogP contribution >= 0.6 is 0 Å². The molecule has 1 aliphatic heterocycles. The molecule has 2 nitrogen and oxygen atoms in total. The van der Waals surface area contributed by atoms with Gasteiger partial charge in [0.15, 0.2) is 0 Å². The number of rotatable bonds is 0. The van der Waals surface area contributed by atoms with Crippen LogP contribution in [0.15, 0.2) is 11.1 Å². The van der Waals surface area contributed by atoms with Crippen LogP contribution in [-0.2, 0) is 4.79 Å². The van der Waals surface area contributed by atoms with Crippen LogP contribution in [0.4, 0.5) is 0 Å². The Kier molecular flexibility index (Phi) is 2.27. The zero-order chi connectivity index (χ0) is 9.46. The molecule has 0 aliphatic carbocycles. The van der Waals surface area contributed by atoms with Crippen LogP contribution < -0.4 is 0 Å². The van der Waals surface area contributed by atoms with Crippen LogP contribution in [-0.4, -0.2) is 22.9 Å². The summed E-state index contributed by atoms with van der Waals surface area (Å²) in [6, 6.07) is 0.579. The van der Waals surface area contributed by atoms with Crippen molar-refractivity contribution in [3.8, 4) is 0 Å². The van der Waals surface area contributed by atoms with Crippen molar-refractivity contribution in [3.05, 3.63) is 11.1 Å². The average Bonchev–Trinajstić information content (AvgIpc) is 2.16. The van der Waals surface area contributed by atoms with E-state index in [1.807, 2.05) is 4.90 Å². The Bertz CT molecular complexity index is 224. The van der Waals surface area contributed by atoms with Gasteiger partial charge in [0.25, 0.3) is 0 Å². The second kappa shape index (κ2) is 2.92. The molecule has 12 heavy (non-hydrogen) atoms. The topological polar surface area (TPSA) is 20.3 Å². The summed E-state index contributed by atoms with van der Waals surface area (Å²) in [7, 11) is 0. The summed E-state index contributed by atoms with van der Waals surface area (Å²) in [6.45, 7) is 10.0. The number of nitrogens with zero attached hydrogens (tertiary/aromatic N) is 1. The first-order valence-corrected chi connectivity index (χ1v) is 4.43. The molecule has 1 heterocycles. The van der Waals surface area contributed by atoms with E-state index in [0.717, 1.165) is 0 Å². The molecule has 0 spiro atoms. The number of carbonyl (C=O) groups is 1. The minimum Gasteiger partial charge on any atom is -0.330 e. The van der Waals surface area contributed by atoms with Crippen LogP contribution in [0.3, 0.4) is 0 Å². The van der Waals surface area contributed by atoms with Crippen LogP contribution in [0, 0.1) is 0 Å². The summed E-state index contributed by atoms with van der Waals surface area (Å²) in [5, 5.41) is 0. The molecule has 0 N–H and O–H groups in total. The van der Waals surface area contributed by atoms with Gasteiger partial charge in [-0.05, 0) is 27.7 Å². The first-order valence-electron chi connectivity index (χ1n) is 4.43. The average molecular weight is 167 g/mol. The lowest BCUT2D eigenvalue weighted by molar-refractivity contribution is -0.130. The minimum absolute atomic E-state index is 0.172. The van der Waals surface area contributed by atoms with Gasteiger partial charge in [0.2, 0.25) is 5.91 Å². The van der Waals surface area contributed by atoms with Crippen molar-refractivity contribution < 1.29 is 4.79 Å². The lowest BCUT2D eigenvalue weighted by Gasteiger charge is -2.26. The van der Waals surface area contributed by atoms with E-state index in [1.54, 1.807) is 6.92 Å². The molecule has 1 amide bonds. The Morgan fingerprint density at radius 2 is 1.50 bits per heavy atom. The summed E-state index contributed by atoms with van der Waals surface area (Å²) in [6.07, 6.45) is 0. The maximum Gasteiger partial charge on any atom is 0.220 e. The third kappa shape index (κ3) is 1.15. The molecule has 0 fully saturated rings. The van der Waals surface area contributed by atoms with E-state index in [-0.39, 0.29) is 18.0 Å². The fourth-order valence-electron chi connectivity index (χ4n) is 1.96. The number of amides is 1. The first-order chi connectivity index (χ1) is 5.46. The van der Waals surface area contributed by atoms with E-state index in [1.165, 1.54) is 11.1 Å². The highest BCUT2D eigenvalue weighted by atomic mass is 16.2. The summed E-state index contributed by atoms with van der Waals surface area (Å²) in [5.74, 6) is 0.172. The van der Waals surface area contributed by atoms with Gasteiger partial charge in [0.1, 0.15) is 0 Å². The molecule has 0 aromatic heterocycles. The molecule has 0 aromatic carbocycles. The molecule has 68 valence electrons. The molecule has 0 saturated carbocycles. The molecule has 0 aromatic rings. The van der Waals surface area contributed by atoms with Gasteiger partial charge in [-0.1, -0.05) is 11.1 Å². The lowest BCUT2D eigenvalue weighted by atomic mass is 10.1. The molecule has 0 unspecified atom stereocenters. The highest BCUT2D eigenvalue weighted by Gasteiger charge is 2.32. The third-order valence-electron chi connectivity index (χ3n) is 3.07. The monoisotopic (exact) mass is 167 g/mol. The van der Waals surface area contributed by atoms with Crippen LogP contribution in [0.25, 0.3) is 0 Å². The summed E-state index contributed by atoms with van der Waals surface area (Å²) < 4.78 is 0. The molecule has 0 bridgehead atoms. The Labute approximate surface area is 74.2 Å². The van der Waals surface area contributed by atoms with Crippen molar-refractivity contribution >= 4 is 5.91 Å². The molecular weight excluding hydrogens is 150 g/mol. The molecule has 1 aliphatic rings. The van der Waals surface area contributed by atoms with E-state index < -0.39 is 0 Å². The van der Waals surface area contributed by atoms with Gasteiger partial charge in [-0.25, -0.2) is 0 Å². The van der Waals surface area contributed by atoms with Crippen LogP contribution in [0.2, 0.25) is 0 Å². The van der Waals surface area contributed by atoms with Crippen LogP contribution in [0.1, 0.15) is 34.6 Å². The zero-order valence-corrected chi connectivity index (χ0v) is 8.51. The summed E-state index contributed by atoms with van der Waals surface area (Å²) in [4.78, 5) is 13.2. The predicted octanol–water partition coefficient (Wildman–Crippen LogP) is 1.96. The lowest BCUT2D eigenvalue weighted by Crippen LogP contribution is -2.38. The summed E-state index contributed by atoms with van der Waals surface area (Å²) >= 11 is 0. The van der Waals surface area contributed by atoms with Gasteiger partial charge in [-0.3, -0.25) is 4.79 Å². The van der Waals surface area contributed by atoms with Crippen molar-refractivity contribution in [1.29, 1.82) is 0 Å². The van der Waals surface area contributed by atoms with Crippen molar-refractivity contribution in [2.45, 2.75) is 46.7 Å². The second-order valence-corrected chi connectivity index (χ2v) is 3.64. The van der Waals surface area contributed by atoms with Gasteiger partial charge in [0, 0.05) is 6.92 Å². The fourth-order valence-corrected chi connectivity index (χ4v) is 1.96. The normalized spacial score (nSPS) is 29.9. The van der Waals surface area contributed by atoms with E-state index in [2.05, 4.69) is 27.7 Å². The van der Waals surface area contributed by atoms with E-state index >= 15 is 0 Å². The molecule has 2 atom stereocenters. The minimum atomic E-state index is 0.172. The van der Waals surface area contributed by atoms with Crippen molar-refractivity contribution in [2.75, 3.05) is 0 Å². The Morgan fingerprint density at radius 3 is 1.67 bits per heavy atom. The van der Waals surface area contributed by atoms with Gasteiger partial charge < -0.3 is 4.90 Å². The fraction of sp³-hybridized carbons (Fsp3) is 0.700. The SMILES string of the molecule is CC(=O)N1[C@H](C)C(C)=C(C)[C@H]1C. The molecular formula is C10H17NO. The highest BCUT2D eigenvalue weighted by Crippen LogP contribution is 2.29.